The molecule has 1 saturated carbocycles. The van der Waals surface area contributed by atoms with E-state index in [2.05, 4.69) is 0 Å². The molecule has 1 aromatic carbocycles. The van der Waals surface area contributed by atoms with Gasteiger partial charge in [0.1, 0.15) is 17.1 Å². The molecular weight excluding hydrogens is 312 g/mol. The fourth-order valence-corrected chi connectivity index (χ4v) is 3.60. The molecule has 0 atom stereocenters. The number of benzene rings is 1. The number of hydrogen-bond donors (Lipinski definition) is 0. The molecule has 0 bridgehead atoms. The summed E-state index contributed by atoms with van der Waals surface area (Å²) >= 11 is 0. The molecular formula is C21H28N2O2. The predicted octanol–water partition coefficient (Wildman–Crippen LogP) is 5.09. The summed E-state index contributed by atoms with van der Waals surface area (Å²) < 4.78 is 7.63. The number of ether oxygens (including phenoxy) is 1. The van der Waals surface area contributed by atoms with Crippen LogP contribution in [0.2, 0.25) is 0 Å². The van der Waals surface area contributed by atoms with Crippen molar-refractivity contribution in [3.05, 3.63) is 41.9 Å². The molecule has 1 aliphatic rings. The largest absolute Gasteiger partial charge is 0.455 e. The van der Waals surface area contributed by atoms with Crippen LogP contribution in [0.4, 0.5) is 0 Å². The zero-order valence-electron chi connectivity index (χ0n) is 15.7. The Labute approximate surface area is 150 Å². The van der Waals surface area contributed by atoms with E-state index < -0.39 is 5.60 Å². The Morgan fingerprint density at radius 3 is 2.36 bits per heavy atom. The Kier molecular flexibility index (Phi) is 4.98. The maximum Gasteiger partial charge on any atom is 0.357 e. The van der Waals surface area contributed by atoms with Gasteiger partial charge in [-0.15, -0.1) is 0 Å². The first-order chi connectivity index (χ1) is 11.9. The first-order valence-corrected chi connectivity index (χ1v) is 9.22. The number of nitrogens with zero attached hydrogens (tertiary/aromatic N) is 2. The molecule has 0 amide bonds. The van der Waals surface area contributed by atoms with Crippen molar-refractivity contribution in [3.63, 3.8) is 0 Å². The van der Waals surface area contributed by atoms with Crippen molar-refractivity contribution in [2.75, 3.05) is 0 Å². The minimum Gasteiger partial charge on any atom is -0.455 e. The van der Waals surface area contributed by atoms with E-state index in [1.165, 1.54) is 19.3 Å². The maximum atomic E-state index is 12.9. The van der Waals surface area contributed by atoms with Crippen molar-refractivity contribution in [3.8, 4) is 11.3 Å². The van der Waals surface area contributed by atoms with E-state index in [0.717, 1.165) is 29.9 Å². The summed E-state index contributed by atoms with van der Waals surface area (Å²) in [7, 11) is 1.95. The zero-order valence-corrected chi connectivity index (χ0v) is 15.7. The lowest BCUT2D eigenvalue weighted by Crippen LogP contribution is -2.26. The first kappa shape index (κ1) is 17.7. The Morgan fingerprint density at radius 2 is 1.76 bits per heavy atom. The van der Waals surface area contributed by atoms with Gasteiger partial charge in [0.2, 0.25) is 0 Å². The molecule has 0 N–H and O–H groups in total. The topological polar surface area (TPSA) is 44.1 Å². The molecule has 1 fully saturated rings. The van der Waals surface area contributed by atoms with Gasteiger partial charge in [0.25, 0.3) is 0 Å². The summed E-state index contributed by atoms with van der Waals surface area (Å²) in [5, 5.41) is 0. The van der Waals surface area contributed by atoms with E-state index in [9.17, 15) is 4.79 Å². The molecule has 25 heavy (non-hydrogen) atoms. The van der Waals surface area contributed by atoms with Gasteiger partial charge < -0.3 is 9.30 Å². The van der Waals surface area contributed by atoms with E-state index >= 15 is 0 Å². The summed E-state index contributed by atoms with van der Waals surface area (Å²) in [4.78, 5) is 17.8. The summed E-state index contributed by atoms with van der Waals surface area (Å²) in [5.74, 6) is 1.14. The SMILES string of the molecule is Cn1c(C2CCCCC2)nc(-c2ccccc2)c1C(=O)OC(C)(C)C. The fraction of sp³-hybridized carbons (Fsp3) is 0.524. The summed E-state index contributed by atoms with van der Waals surface area (Å²) in [6.45, 7) is 5.68. The molecule has 0 saturated heterocycles. The molecule has 0 aliphatic heterocycles. The fourth-order valence-electron chi connectivity index (χ4n) is 3.60. The molecule has 4 nitrogen and oxygen atoms in total. The van der Waals surface area contributed by atoms with E-state index in [0.29, 0.717) is 11.6 Å². The Hall–Kier alpha value is -2.10. The van der Waals surface area contributed by atoms with E-state index in [-0.39, 0.29) is 5.97 Å². The van der Waals surface area contributed by atoms with Crippen molar-refractivity contribution in [2.24, 2.45) is 7.05 Å². The summed E-state index contributed by atoms with van der Waals surface area (Å²) in [6.07, 6.45) is 6.06. The van der Waals surface area contributed by atoms with E-state index in [1.807, 2.05) is 62.7 Å². The van der Waals surface area contributed by atoms with Crippen LogP contribution in [0, 0.1) is 0 Å². The predicted molar refractivity (Wildman–Crippen MR) is 99.6 cm³/mol. The highest BCUT2D eigenvalue weighted by atomic mass is 16.6. The third-order valence-electron chi connectivity index (χ3n) is 4.74. The van der Waals surface area contributed by atoms with Crippen LogP contribution < -0.4 is 0 Å². The van der Waals surface area contributed by atoms with Gasteiger partial charge >= 0.3 is 5.97 Å². The molecule has 1 aliphatic carbocycles. The number of aromatic nitrogens is 2. The maximum absolute atomic E-state index is 12.9. The smallest absolute Gasteiger partial charge is 0.357 e. The molecule has 0 unspecified atom stereocenters. The third kappa shape index (κ3) is 3.94. The molecule has 3 rings (SSSR count). The number of hydrogen-bond acceptors (Lipinski definition) is 3. The van der Waals surface area contributed by atoms with Crippen LogP contribution in [-0.2, 0) is 11.8 Å². The lowest BCUT2D eigenvalue weighted by atomic mass is 9.89. The zero-order chi connectivity index (χ0) is 18.0. The van der Waals surface area contributed by atoms with Crippen molar-refractivity contribution in [1.29, 1.82) is 0 Å². The minimum atomic E-state index is -0.527. The highest BCUT2D eigenvalue weighted by Crippen LogP contribution is 2.35. The summed E-state index contributed by atoms with van der Waals surface area (Å²) in [6, 6.07) is 9.93. The average Bonchev–Trinajstić information content (AvgIpc) is 2.92. The monoisotopic (exact) mass is 340 g/mol. The Morgan fingerprint density at radius 1 is 1.12 bits per heavy atom. The summed E-state index contributed by atoms with van der Waals surface area (Å²) in [5.41, 5.74) is 1.72. The molecule has 2 aromatic rings. The Bertz CT molecular complexity index is 735. The van der Waals surface area contributed by atoms with E-state index in [4.69, 9.17) is 9.72 Å². The molecule has 4 heteroatoms. The van der Waals surface area contributed by atoms with Crippen LogP contribution in [0.3, 0.4) is 0 Å². The van der Waals surface area contributed by atoms with Crippen LogP contribution >= 0.6 is 0 Å². The third-order valence-corrected chi connectivity index (χ3v) is 4.74. The minimum absolute atomic E-state index is 0.302. The number of carbonyl (C=O) groups excluding carboxylic acids is 1. The lowest BCUT2D eigenvalue weighted by molar-refractivity contribution is 0.00595. The Balaban J connectivity index is 2.07. The van der Waals surface area contributed by atoms with Crippen LogP contribution in [0.5, 0.6) is 0 Å². The van der Waals surface area contributed by atoms with Crippen molar-refractivity contribution in [2.45, 2.75) is 64.4 Å². The van der Waals surface area contributed by atoms with Gasteiger partial charge in [0.15, 0.2) is 5.69 Å². The highest BCUT2D eigenvalue weighted by molar-refractivity contribution is 5.95. The van der Waals surface area contributed by atoms with Crippen molar-refractivity contribution in [1.82, 2.24) is 9.55 Å². The second-order valence-corrected chi connectivity index (χ2v) is 7.93. The van der Waals surface area contributed by atoms with Gasteiger partial charge in [-0.05, 0) is 33.6 Å². The van der Waals surface area contributed by atoms with Crippen molar-refractivity contribution >= 4 is 5.97 Å². The number of imidazole rings is 1. The van der Waals surface area contributed by atoms with Gasteiger partial charge in [-0.1, -0.05) is 49.6 Å². The molecule has 134 valence electrons. The molecule has 1 aromatic heterocycles. The van der Waals surface area contributed by atoms with E-state index in [1.54, 1.807) is 0 Å². The van der Waals surface area contributed by atoms with Gasteiger partial charge in [-0.25, -0.2) is 9.78 Å². The van der Waals surface area contributed by atoms with Crippen LogP contribution in [-0.4, -0.2) is 21.1 Å². The van der Waals surface area contributed by atoms with Gasteiger partial charge in [-0.3, -0.25) is 0 Å². The molecule has 0 spiro atoms. The molecule has 0 radical (unpaired) electrons. The number of carbonyl (C=O) groups is 1. The van der Waals surface area contributed by atoms with Crippen LogP contribution in [0.1, 0.15) is 75.1 Å². The van der Waals surface area contributed by atoms with Crippen molar-refractivity contribution < 1.29 is 9.53 Å². The van der Waals surface area contributed by atoms with Gasteiger partial charge in [0.05, 0.1) is 0 Å². The number of rotatable bonds is 3. The first-order valence-electron chi connectivity index (χ1n) is 9.22. The quantitative estimate of drug-likeness (QED) is 0.731. The standard InChI is InChI=1S/C21H28N2O2/c1-21(2,3)25-20(24)18-17(15-11-7-5-8-12-15)22-19(23(18)4)16-13-9-6-10-14-16/h5,7-8,11-12,16H,6,9-10,13-14H2,1-4H3. The van der Waals surface area contributed by atoms with Gasteiger partial charge in [0, 0.05) is 18.5 Å². The average molecular weight is 340 g/mol. The normalized spacial score (nSPS) is 16.0. The highest BCUT2D eigenvalue weighted by Gasteiger charge is 2.30. The second kappa shape index (κ2) is 7.03. The number of esters is 1. The molecule has 1 heterocycles. The van der Waals surface area contributed by atoms with Crippen LogP contribution in [0.25, 0.3) is 11.3 Å². The second-order valence-electron chi connectivity index (χ2n) is 7.93. The lowest BCUT2D eigenvalue weighted by Gasteiger charge is -2.22. The van der Waals surface area contributed by atoms with Crippen LogP contribution in [0.15, 0.2) is 30.3 Å². The van der Waals surface area contributed by atoms with Gasteiger partial charge in [-0.2, -0.15) is 0 Å².